The van der Waals surface area contributed by atoms with Gasteiger partial charge in [0.05, 0.1) is 22.9 Å². The molecule has 124 valence electrons. The van der Waals surface area contributed by atoms with Crippen molar-refractivity contribution in [2.24, 2.45) is 0 Å². The number of carbonyl (C=O) groups is 1. The van der Waals surface area contributed by atoms with E-state index < -0.39 is 0 Å². The second kappa shape index (κ2) is 7.92. The Kier molecular flexibility index (Phi) is 5.66. The Morgan fingerprint density at radius 1 is 1.30 bits per heavy atom. The Balaban J connectivity index is 1.49. The van der Waals surface area contributed by atoms with Crippen LogP contribution in [0.4, 0.5) is 0 Å². The predicted octanol–water partition coefficient (Wildman–Crippen LogP) is 2.92. The molecule has 23 heavy (non-hydrogen) atoms. The van der Waals surface area contributed by atoms with Gasteiger partial charge in [-0.25, -0.2) is 4.98 Å². The summed E-state index contributed by atoms with van der Waals surface area (Å²) in [7, 11) is 0. The van der Waals surface area contributed by atoms with E-state index >= 15 is 0 Å². The van der Waals surface area contributed by atoms with Gasteiger partial charge in [-0.3, -0.25) is 4.79 Å². The average molecular weight is 352 g/mol. The Morgan fingerprint density at radius 2 is 2.09 bits per heavy atom. The molecule has 0 aliphatic carbocycles. The van der Waals surface area contributed by atoms with Gasteiger partial charge in [-0.05, 0) is 19.8 Å². The van der Waals surface area contributed by atoms with Crippen LogP contribution in [0.3, 0.4) is 0 Å². The van der Waals surface area contributed by atoms with Gasteiger partial charge in [0.15, 0.2) is 0 Å². The Morgan fingerprint density at radius 3 is 2.78 bits per heavy atom. The number of hydrogen-bond donors (Lipinski definition) is 0. The molecule has 3 rings (SSSR count). The minimum absolute atomic E-state index is 0.159. The lowest BCUT2D eigenvalue weighted by Gasteiger charge is -2.19. The molecule has 0 radical (unpaired) electrons. The van der Waals surface area contributed by atoms with Crippen LogP contribution in [0.25, 0.3) is 0 Å². The van der Waals surface area contributed by atoms with Crippen LogP contribution < -0.4 is 0 Å². The highest BCUT2D eigenvalue weighted by Gasteiger charge is 2.17. The molecule has 1 saturated heterocycles. The lowest BCUT2D eigenvalue weighted by molar-refractivity contribution is -0.128. The summed E-state index contributed by atoms with van der Waals surface area (Å²) < 4.78 is 5.59. The molecule has 1 aliphatic rings. The highest BCUT2D eigenvalue weighted by molar-refractivity contribution is 7.99. The Bertz CT molecular complexity index is 647. The van der Waals surface area contributed by atoms with Gasteiger partial charge in [-0.2, -0.15) is 0 Å². The summed E-state index contributed by atoms with van der Waals surface area (Å²) in [5.41, 5.74) is 0.938. The Labute approximate surface area is 143 Å². The lowest BCUT2D eigenvalue weighted by atomic mass is 10.2. The smallest absolute Gasteiger partial charge is 0.277 e. The number of aromatic nitrogens is 3. The van der Waals surface area contributed by atoms with E-state index in [1.54, 1.807) is 11.3 Å². The highest BCUT2D eigenvalue weighted by Crippen LogP contribution is 2.20. The summed E-state index contributed by atoms with van der Waals surface area (Å²) in [6, 6.07) is 0. The van der Waals surface area contributed by atoms with E-state index in [4.69, 9.17) is 4.42 Å². The van der Waals surface area contributed by atoms with E-state index in [1.807, 2.05) is 17.2 Å². The number of rotatable bonds is 5. The third-order valence-corrected chi connectivity index (χ3v) is 5.35. The summed E-state index contributed by atoms with van der Waals surface area (Å²) >= 11 is 2.92. The van der Waals surface area contributed by atoms with Crippen molar-refractivity contribution in [2.75, 3.05) is 18.8 Å². The van der Waals surface area contributed by atoms with Gasteiger partial charge >= 0.3 is 0 Å². The van der Waals surface area contributed by atoms with Crippen LogP contribution in [0.5, 0.6) is 0 Å². The maximum Gasteiger partial charge on any atom is 0.277 e. The minimum Gasteiger partial charge on any atom is -0.416 e. The monoisotopic (exact) mass is 352 g/mol. The quantitative estimate of drug-likeness (QED) is 0.771. The standard InChI is InChI=1S/C15H20N4O2S2/c1-11-16-12(9-22-11)8-13-17-18-15(21-13)23-10-14(20)19-6-4-2-3-5-7-19/h9H,2-8,10H2,1H3. The SMILES string of the molecule is Cc1nc(Cc2nnc(SCC(=O)N3CCCCCC3)o2)cs1. The molecule has 2 aromatic heterocycles. The molecule has 1 amide bonds. The first-order valence-electron chi connectivity index (χ1n) is 7.84. The fourth-order valence-corrected chi connectivity index (χ4v) is 3.84. The number of aryl methyl sites for hydroxylation is 1. The van der Waals surface area contributed by atoms with Gasteiger partial charge in [0.25, 0.3) is 5.22 Å². The number of likely N-dealkylation sites (tertiary alicyclic amines) is 1. The molecular formula is C15H20N4O2S2. The summed E-state index contributed by atoms with van der Waals surface area (Å²) in [5, 5.41) is 11.5. The molecule has 8 heteroatoms. The zero-order valence-corrected chi connectivity index (χ0v) is 14.8. The van der Waals surface area contributed by atoms with Crippen LogP contribution in [-0.4, -0.2) is 44.8 Å². The molecule has 6 nitrogen and oxygen atoms in total. The van der Waals surface area contributed by atoms with Crippen molar-refractivity contribution < 1.29 is 9.21 Å². The molecule has 1 aliphatic heterocycles. The number of thioether (sulfide) groups is 1. The summed E-state index contributed by atoms with van der Waals surface area (Å²) in [6.07, 6.45) is 5.19. The first-order chi connectivity index (χ1) is 11.2. The van der Waals surface area contributed by atoms with E-state index in [2.05, 4.69) is 15.2 Å². The predicted molar refractivity (Wildman–Crippen MR) is 89.7 cm³/mol. The van der Waals surface area contributed by atoms with E-state index in [-0.39, 0.29) is 5.91 Å². The number of amides is 1. The largest absolute Gasteiger partial charge is 0.416 e. The molecule has 0 aromatic carbocycles. The second-order valence-electron chi connectivity index (χ2n) is 5.58. The van der Waals surface area contributed by atoms with Crippen molar-refractivity contribution in [1.82, 2.24) is 20.1 Å². The summed E-state index contributed by atoms with van der Waals surface area (Å²) in [5.74, 6) is 1.06. The normalized spacial score (nSPS) is 15.6. The average Bonchev–Trinajstić information content (AvgIpc) is 3.05. The van der Waals surface area contributed by atoms with Crippen LogP contribution in [-0.2, 0) is 11.2 Å². The lowest BCUT2D eigenvalue weighted by Crippen LogP contribution is -2.33. The number of carbonyl (C=O) groups excluding carboxylic acids is 1. The molecular weight excluding hydrogens is 332 g/mol. The Hall–Kier alpha value is -1.41. The van der Waals surface area contributed by atoms with Crippen molar-refractivity contribution in [3.8, 4) is 0 Å². The molecule has 0 spiro atoms. The van der Waals surface area contributed by atoms with Crippen molar-refractivity contribution in [2.45, 2.75) is 44.3 Å². The molecule has 1 fully saturated rings. The van der Waals surface area contributed by atoms with Crippen molar-refractivity contribution in [3.05, 3.63) is 22.0 Å². The van der Waals surface area contributed by atoms with E-state index in [0.29, 0.717) is 23.3 Å². The van der Waals surface area contributed by atoms with E-state index in [0.717, 1.165) is 36.6 Å². The number of hydrogen-bond acceptors (Lipinski definition) is 7. The second-order valence-corrected chi connectivity index (χ2v) is 7.57. The van der Waals surface area contributed by atoms with Crippen LogP contribution >= 0.6 is 23.1 Å². The van der Waals surface area contributed by atoms with E-state index in [9.17, 15) is 4.79 Å². The maximum absolute atomic E-state index is 12.2. The van der Waals surface area contributed by atoms with Crippen molar-refractivity contribution >= 4 is 29.0 Å². The third kappa shape index (κ3) is 4.78. The van der Waals surface area contributed by atoms with Crippen LogP contribution in [0.2, 0.25) is 0 Å². The summed E-state index contributed by atoms with van der Waals surface area (Å²) in [6.45, 7) is 3.72. The fourth-order valence-electron chi connectivity index (χ4n) is 2.55. The van der Waals surface area contributed by atoms with Crippen molar-refractivity contribution in [3.63, 3.8) is 0 Å². The molecule has 0 unspecified atom stereocenters. The molecule has 2 aromatic rings. The van der Waals surface area contributed by atoms with Gasteiger partial charge in [-0.15, -0.1) is 21.5 Å². The highest BCUT2D eigenvalue weighted by atomic mass is 32.2. The third-order valence-electron chi connectivity index (χ3n) is 3.73. The number of nitrogens with zero attached hydrogens (tertiary/aromatic N) is 4. The molecule has 0 atom stereocenters. The van der Waals surface area contributed by atoms with E-state index in [1.165, 1.54) is 24.6 Å². The van der Waals surface area contributed by atoms with Gasteiger partial charge in [0, 0.05) is 18.5 Å². The van der Waals surface area contributed by atoms with Crippen LogP contribution in [0.15, 0.2) is 15.0 Å². The molecule has 0 saturated carbocycles. The first kappa shape index (κ1) is 16.4. The summed E-state index contributed by atoms with van der Waals surface area (Å²) in [4.78, 5) is 18.6. The van der Waals surface area contributed by atoms with Gasteiger partial charge < -0.3 is 9.32 Å². The molecule has 0 bridgehead atoms. The van der Waals surface area contributed by atoms with Gasteiger partial charge in [0.1, 0.15) is 0 Å². The maximum atomic E-state index is 12.2. The number of thiazole rings is 1. The van der Waals surface area contributed by atoms with Crippen LogP contribution in [0, 0.1) is 6.92 Å². The first-order valence-corrected chi connectivity index (χ1v) is 9.71. The fraction of sp³-hybridized carbons (Fsp3) is 0.600. The zero-order chi connectivity index (χ0) is 16.1. The van der Waals surface area contributed by atoms with Gasteiger partial charge in [0.2, 0.25) is 11.8 Å². The van der Waals surface area contributed by atoms with Crippen LogP contribution in [0.1, 0.15) is 42.3 Å². The molecule has 3 heterocycles. The van der Waals surface area contributed by atoms with Crippen molar-refractivity contribution in [1.29, 1.82) is 0 Å². The van der Waals surface area contributed by atoms with Gasteiger partial charge in [-0.1, -0.05) is 24.6 Å². The molecule has 0 N–H and O–H groups in total. The minimum atomic E-state index is 0.159. The topological polar surface area (TPSA) is 72.1 Å². The zero-order valence-electron chi connectivity index (χ0n) is 13.2.